The van der Waals surface area contributed by atoms with Crippen molar-refractivity contribution in [1.82, 2.24) is 9.97 Å². The van der Waals surface area contributed by atoms with Gasteiger partial charge < -0.3 is 0 Å². The number of carbonyl (C=O) groups excluding carboxylic acids is 1. The summed E-state index contributed by atoms with van der Waals surface area (Å²) in [5.41, 5.74) is 1.27. The number of hydrogen-bond donors (Lipinski definition) is 0. The van der Waals surface area contributed by atoms with Crippen LogP contribution >= 0.6 is 55.1 Å². The minimum atomic E-state index is -0.510. The van der Waals surface area contributed by atoms with Crippen molar-refractivity contribution in [3.05, 3.63) is 57.0 Å². The number of halogens is 4. The third kappa shape index (κ3) is 4.28. The Morgan fingerprint density at radius 3 is 1.59 bits per heavy atom. The fourth-order valence-corrected chi connectivity index (χ4v) is 3.12. The second-order valence-electron chi connectivity index (χ2n) is 4.62. The van der Waals surface area contributed by atoms with Crippen molar-refractivity contribution in [2.24, 2.45) is 0 Å². The van der Waals surface area contributed by atoms with E-state index in [9.17, 15) is 4.79 Å². The molecule has 2 unspecified atom stereocenters. The molecule has 22 heavy (non-hydrogen) atoms. The fraction of sp³-hybridized carbons (Fsp3) is 0.267. The molecule has 2 aromatic rings. The summed E-state index contributed by atoms with van der Waals surface area (Å²) in [4.78, 5) is 21.3. The van der Waals surface area contributed by atoms with Gasteiger partial charge in [-0.1, -0.05) is 0 Å². The first-order chi connectivity index (χ1) is 10.6. The summed E-state index contributed by atoms with van der Waals surface area (Å²) in [5.74, 6) is -0.794. The summed E-state index contributed by atoms with van der Waals surface area (Å²) >= 11 is 18.7. The lowest BCUT2D eigenvalue weighted by Crippen LogP contribution is -2.24. The van der Waals surface area contributed by atoms with Crippen LogP contribution < -0.4 is 0 Å². The smallest absolute Gasteiger partial charge is 0.153 e. The molecule has 0 fully saturated rings. The highest BCUT2D eigenvalue weighted by Gasteiger charge is 2.30. The van der Waals surface area contributed by atoms with E-state index in [0.29, 0.717) is 11.4 Å². The SMILES string of the molecule is O=C(C(CCl)c1ccc(Br)cn1)C(CCl)c1ccc(Br)cn1. The zero-order valence-electron chi connectivity index (χ0n) is 11.3. The van der Waals surface area contributed by atoms with Crippen molar-refractivity contribution in [3.63, 3.8) is 0 Å². The van der Waals surface area contributed by atoms with Gasteiger partial charge in [0.25, 0.3) is 0 Å². The summed E-state index contributed by atoms with van der Waals surface area (Å²) in [6.07, 6.45) is 3.30. The van der Waals surface area contributed by atoms with Gasteiger partial charge in [0.2, 0.25) is 0 Å². The molecular weight excluding hydrogens is 455 g/mol. The van der Waals surface area contributed by atoms with Crippen molar-refractivity contribution in [3.8, 4) is 0 Å². The van der Waals surface area contributed by atoms with Gasteiger partial charge in [-0.3, -0.25) is 14.8 Å². The van der Waals surface area contributed by atoms with Crippen molar-refractivity contribution in [1.29, 1.82) is 0 Å². The third-order valence-corrected chi connectivity index (χ3v) is 4.77. The molecule has 116 valence electrons. The molecule has 0 N–H and O–H groups in total. The van der Waals surface area contributed by atoms with E-state index in [0.717, 1.165) is 8.95 Å². The summed E-state index contributed by atoms with van der Waals surface area (Å²) in [7, 11) is 0. The van der Waals surface area contributed by atoms with E-state index in [1.807, 2.05) is 12.1 Å². The predicted octanol–water partition coefficient (Wildman–Crippen LogP) is 4.92. The van der Waals surface area contributed by atoms with Crippen LogP contribution in [0.15, 0.2) is 45.6 Å². The molecule has 0 radical (unpaired) electrons. The monoisotopic (exact) mass is 464 g/mol. The first kappa shape index (κ1) is 17.9. The van der Waals surface area contributed by atoms with Crippen LogP contribution in [-0.4, -0.2) is 27.5 Å². The van der Waals surface area contributed by atoms with E-state index >= 15 is 0 Å². The maximum atomic E-state index is 12.8. The summed E-state index contributed by atoms with van der Waals surface area (Å²) < 4.78 is 1.70. The van der Waals surface area contributed by atoms with Gasteiger partial charge in [-0.05, 0) is 56.1 Å². The predicted molar refractivity (Wildman–Crippen MR) is 95.8 cm³/mol. The molecular formula is C15H12Br2Cl2N2O. The molecule has 7 heteroatoms. The van der Waals surface area contributed by atoms with Crippen molar-refractivity contribution < 1.29 is 4.79 Å². The van der Waals surface area contributed by atoms with Gasteiger partial charge >= 0.3 is 0 Å². The molecule has 0 aliphatic heterocycles. The lowest BCUT2D eigenvalue weighted by Gasteiger charge is -2.19. The summed E-state index contributed by atoms with van der Waals surface area (Å²) in [6, 6.07) is 7.25. The number of carbonyl (C=O) groups is 1. The fourth-order valence-electron chi connectivity index (χ4n) is 2.03. The van der Waals surface area contributed by atoms with Crippen LogP contribution in [0, 0.1) is 0 Å². The van der Waals surface area contributed by atoms with Crippen molar-refractivity contribution in [2.45, 2.75) is 11.8 Å². The number of alkyl halides is 2. The molecule has 0 aliphatic rings. The van der Waals surface area contributed by atoms with E-state index in [1.165, 1.54) is 0 Å². The molecule has 0 amide bonds. The summed E-state index contributed by atoms with van der Waals surface area (Å²) in [6.45, 7) is 0. The summed E-state index contributed by atoms with van der Waals surface area (Å²) in [5, 5.41) is 0. The standard InChI is InChI=1S/C15H12Br2Cl2N2O/c16-9-1-3-13(20-7-9)11(5-18)15(22)12(6-19)14-4-2-10(17)8-21-14/h1-4,7-8,11-12H,5-6H2. The Morgan fingerprint density at radius 1 is 0.909 bits per heavy atom. The molecule has 3 nitrogen and oxygen atoms in total. The lowest BCUT2D eigenvalue weighted by atomic mass is 9.90. The highest BCUT2D eigenvalue weighted by atomic mass is 79.9. The first-order valence-electron chi connectivity index (χ1n) is 6.45. The molecule has 0 saturated carbocycles. The van der Waals surface area contributed by atoms with E-state index in [-0.39, 0.29) is 17.5 Å². The van der Waals surface area contributed by atoms with Crippen LogP contribution in [0.3, 0.4) is 0 Å². The number of Topliss-reactive ketones (excluding diaryl/α,β-unsaturated/α-hetero) is 1. The molecule has 2 atom stereocenters. The van der Waals surface area contributed by atoms with Gasteiger partial charge in [-0.2, -0.15) is 0 Å². The van der Waals surface area contributed by atoms with Crippen LogP contribution in [-0.2, 0) is 4.79 Å². The molecule has 0 spiro atoms. The molecule has 2 aromatic heterocycles. The minimum Gasteiger partial charge on any atom is -0.298 e. The van der Waals surface area contributed by atoms with E-state index in [4.69, 9.17) is 23.2 Å². The van der Waals surface area contributed by atoms with Gasteiger partial charge in [-0.25, -0.2) is 0 Å². The zero-order chi connectivity index (χ0) is 16.1. The van der Waals surface area contributed by atoms with E-state index < -0.39 is 11.8 Å². The Morgan fingerprint density at radius 2 is 1.32 bits per heavy atom. The quantitative estimate of drug-likeness (QED) is 0.568. The zero-order valence-corrected chi connectivity index (χ0v) is 16.0. The Hall–Kier alpha value is -0.490. The first-order valence-corrected chi connectivity index (χ1v) is 9.11. The number of rotatable bonds is 6. The van der Waals surface area contributed by atoms with Crippen molar-refractivity contribution in [2.75, 3.05) is 11.8 Å². The second-order valence-corrected chi connectivity index (χ2v) is 7.07. The second kappa shape index (κ2) is 8.39. The largest absolute Gasteiger partial charge is 0.298 e. The van der Waals surface area contributed by atoms with E-state index in [2.05, 4.69) is 41.8 Å². The van der Waals surface area contributed by atoms with Crippen LogP contribution in [0.5, 0.6) is 0 Å². The number of pyridine rings is 2. The highest BCUT2D eigenvalue weighted by Crippen LogP contribution is 2.28. The van der Waals surface area contributed by atoms with Gasteiger partial charge in [-0.15, -0.1) is 23.2 Å². The average Bonchev–Trinajstić information content (AvgIpc) is 2.52. The number of nitrogens with zero attached hydrogens (tertiary/aromatic N) is 2. The molecule has 2 rings (SSSR count). The topological polar surface area (TPSA) is 42.9 Å². The number of ketones is 1. The molecule has 0 aliphatic carbocycles. The van der Waals surface area contributed by atoms with Crippen LogP contribution in [0.2, 0.25) is 0 Å². The van der Waals surface area contributed by atoms with Gasteiger partial charge in [0.15, 0.2) is 5.78 Å². The van der Waals surface area contributed by atoms with Crippen molar-refractivity contribution >= 4 is 60.8 Å². The van der Waals surface area contributed by atoms with Gasteiger partial charge in [0.05, 0.1) is 23.2 Å². The van der Waals surface area contributed by atoms with Gasteiger partial charge in [0.1, 0.15) is 0 Å². The van der Waals surface area contributed by atoms with Gasteiger partial charge in [0, 0.05) is 33.1 Å². The normalized spacial score (nSPS) is 13.6. The highest BCUT2D eigenvalue weighted by molar-refractivity contribution is 9.10. The molecule has 2 heterocycles. The maximum absolute atomic E-state index is 12.8. The Bertz CT molecular complexity index is 579. The number of aromatic nitrogens is 2. The molecule has 0 aromatic carbocycles. The Kier molecular flexibility index (Phi) is 6.81. The maximum Gasteiger partial charge on any atom is 0.153 e. The van der Waals surface area contributed by atoms with Crippen LogP contribution in [0.25, 0.3) is 0 Å². The lowest BCUT2D eigenvalue weighted by molar-refractivity contribution is -0.121. The average molecular weight is 467 g/mol. The molecule has 0 saturated heterocycles. The molecule has 0 bridgehead atoms. The van der Waals surface area contributed by atoms with Crippen LogP contribution in [0.4, 0.5) is 0 Å². The Labute approximate surface area is 155 Å². The third-order valence-electron chi connectivity index (χ3n) is 3.21. The van der Waals surface area contributed by atoms with E-state index in [1.54, 1.807) is 24.5 Å². The minimum absolute atomic E-state index is 0.0744. The Balaban J connectivity index is 2.29. The van der Waals surface area contributed by atoms with Crippen LogP contribution in [0.1, 0.15) is 23.2 Å². The number of hydrogen-bond acceptors (Lipinski definition) is 3.